The molecule has 1 aromatic rings. The van der Waals surface area contributed by atoms with Crippen molar-refractivity contribution in [3.63, 3.8) is 0 Å². The summed E-state index contributed by atoms with van der Waals surface area (Å²) >= 11 is 0. The molecule has 8 nitrogen and oxygen atoms in total. The number of carbonyl (C=O) groups is 2. The lowest BCUT2D eigenvalue weighted by atomic mass is 10.1. The van der Waals surface area contributed by atoms with Crippen molar-refractivity contribution < 1.29 is 14.3 Å². The Kier molecular flexibility index (Phi) is 3.79. The first-order valence-corrected chi connectivity index (χ1v) is 8.58. The van der Waals surface area contributed by atoms with E-state index in [1.807, 2.05) is 13.8 Å². The first-order chi connectivity index (χ1) is 11.5. The van der Waals surface area contributed by atoms with Gasteiger partial charge in [0.1, 0.15) is 12.2 Å². The first kappa shape index (κ1) is 15.6. The van der Waals surface area contributed by atoms with Gasteiger partial charge < -0.3 is 15.0 Å². The van der Waals surface area contributed by atoms with Crippen LogP contribution < -0.4 is 5.32 Å². The number of nitrogens with zero attached hydrogens (tertiary/aromatic N) is 4. The second-order valence-corrected chi connectivity index (χ2v) is 7.33. The van der Waals surface area contributed by atoms with Crippen molar-refractivity contribution in [2.75, 3.05) is 19.8 Å². The summed E-state index contributed by atoms with van der Waals surface area (Å²) in [5.41, 5.74) is 0. The summed E-state index contributed by atoms with van der Waals surface area (Å²) in [6.45, 7) is 6.52. The predicted molar refractivity (Wildman–Crippen MR) is 83.5 cm³/mol. The van der Waals surface area contributed by atoms with Crippen LogP contribution in [0.25, 0.3) is 0 Å². The van der Waals surface area contributed by atoms with E-state index in [-0.39, 0.29) is 29.7 Å². The van der Waals surface area contributed by atoms with Crippen molar-refractivity contribution in [2.24, 2.45) is 23.7 Å². The summed E-state index contributed by atoms with van der Waals surface area (Å²) in [5, 5.41) is 7.16. The van der Waals surface area contributed by atoms with Crippen LogP contribution in [0.5, 0.6) is 0 Å². The average Bonchev–Trinajstić information content (AvgIpc) is 2.85. The summed E-state index contributed by atoms with van der Waals surface area (Å²) in [7, 11) is 0. The molecule has 8 heteroatoms. The molecule has 2 aliphatic heterocycles. The normalized spacial score (nSPS) is 31.4. The molecule has 2 amide bonds. The summed E-state index contributed by atoms with van der Waals surface area (Å²) < 4.78 is 7.13. The quantitative estimate of drug-likeness (QED) is 0.817. The Morgan fingerprint density at radius 1 is 1.29 bits per heavy atom. The number of aromatic nitrogens is 3. The highest BCUT2D eigenvalue weighted by atomic mass is 16.5. The van der Waals surface area contributed by atoms with Crippen LogP contribution in [0.4, 0.5) is 0 Å². The molecule has 1 saturated carbocycles. The number of ether oxygens (including phenoxy) is 1. The van der Waals surface area contributed by atoms with E-state index in [0.29, 0.717) is 44.7 Å². The molecular weight excluding hydrogens is 310 g/mol. The molecule has 0 aromatic carbocycles. The highest BCUT2D eigenvalue weighted by Gasteiger charge is 2.59. The Hall–Kier alpha value is -1.96. The van der Waals surface area contributed by atoms with E-state index in [1.54, 1.807) is 9.58 Å². The van der Waals surface area contributed by atoms with Crippen LogP contribution in [-0.2, 0) is 27.4 Å². The van der Waals surface area contributed by atoms with Gasteiger partial charge in [-0.1, -0.05) is 0 Å². The lowest BCUT2D eigenvalue weighted by Gasteiger charge is -2.25. The number of hydrogen-bond acceptors (Lipinski definition) is 5. The van der Waals surface area contributed by atoms with E-state index >= 15 is 0 Å². The maximum Gasteiger partial charge on any atom is 0.226 e. The Balaban J connectivity index is 1.53. The Morgan fingerprint density at radius 2 is 2.04 bits per heavy atom. The molecule has 2 fully saturated rings. The monoisotopic (exact) mass is 333 g/mol. The van der Waals surface area contributed by atoms with Crippen LogP contribution in [-0.4, -0.2) is 57.3 Å². The topological polar surface area (TPSA) is 89.3 Å². The van der Waals surface area contributed by atoms with Crippen LogP contribution >= 0.6 is 0 Å². The summed E-state index contributed by atoms with van der Waals surface area (Å²) in [6, 6.07) is 0.0695. The fourth-order valence-electron chi connectivity index (χ4n) is 3.88. The molecule has 0 bridgehead atoms. The lowest BCUT2D eigenvalue weighted by Crippen LogP contribution is -2.43. The zero-order chi connectivity index (χ0) is 16.8. The van der Waals surface area contributed by atoms with Gasteiger partial charge in [-0.15, -0.1) is 0 Å². The number of fused-ring (bicyclic) bond motifs is 2. The van der Waals surface area contributed by atoms with Crippen molar-refractivity contribution >= 4 is 11.8 Å². The van der Waals surface area contributed by atoms with E-state index < -0.39 is 0 Å². The molecule has 130 valence electrons. The van der Waals surface area contributed by atoms with Gasteiger partial charge >= 0.3 is 0 Å². The Bertz CT molecular complexity index is 648. The van der Waals surface area contributed by atoms with E-state index in [1.165, 1.54) is 6.33 Å². The highest BCUT2D eigenvalue weighted by Crippen LogP contribution is 2.51. The number of rotatable bonds is 3. The number of nitrogens with one attached hydrogen (secondary N) is 1. The van der Waals surface area contributed by atoms with Crippen LogP contribution in [0.1, 0.15) is 19.7 Å². The third kappa shape index (κ3) is 2.68. The number of carbonyl (C=O) groups excluding carboxylic acids is 2. The van der Waals surface area contributed by atoms with Gasteiger partial charge in [0, 0.05) is 18.5 Å². The Labute approximate surface area is 140 Å². The summed E-state index contributed by atoms with van der Waals surface area (Å²) in [4.78, 5) is 31.5. The minimum Gasteiger partial charge on any atom is -0.381 e. The van der Waals surface area contributed by atoms with E-state index in [4.69, 9.17) is 4.74 Å². The predicted octanol–water partition coefficient (Wildman–Crippen LogP) is -0.346. The molecule has 24 heavy (non-hydrogen) atoms. The number of amides is 2. The zero-order valence-corrected chi connectivity index (χ0v) is 14.0. The SMILES string of the molecule is CC(C)NC(=O)C1CN(C(=O)C2[C@H]3COC[C@@H]23)Cc2ncnn2C1. The van der Waals surface area contributed by atoms with E-state index in [9.17, 15) is 9.59 Å². The second-order valence-electron chi connectivity index (χ2n) is 7.33. The maximum absolute atomic E-state index is 12.9. The first-order valence-electron chi connectivity index (χ1n) is 8.58. The molecule has 3 heterocycles. The molecule has 1 aromatic heterocycles. The van der Waals surface area contributed by atoms with Gasteiger partial charge in [0.2, 0.25) is 11.8 Å². The van der Waals surface area contributed by atoms with Crippen molar-refractivity contribution in [1.29, 1.82) is 0 Å². The number of hydrogen-bond donors (Lipinski definition) is 1. The molecule has 0 radical (unpaired) electrons. The summed E-state index contributed by atoms with van der Waals surface area (Å²) in [6.07, 6.45) is 1.49. The third-order valence-corrected chi connectivity index (χ3v) is 5.21. The molecule has 2 unspecified atom stereocenters. The molecule has 4 rings (SSSR count). The third-order valence-electron chi connectivity index (χ3n) is 5.21. The van der Waals surface area contributed by atoms with Crippen LogP contribution in [0.2, 0.25) is 0 Å². The second kappa shape index (κ2) is 5.84. The van der Waals surface area contributed by atoms with Gasteiger partial charge in [-0.2, -0.15) is 5.10 Å². The van der Waals surface area contributed by atoms with Gasteiger partial charge in [-0.05, 0) is 25.7 Å². The standard InChI is InChI=1S/C16H23N5O3/c1-9(2)19-15(22)10-3-20(5-13-17-8-18-21(13)4-10)16(23)14-11-6-24-7-12(11)14/h8-12,14H,3-7H2,1-2H3,(H,19,22)/t10?,11-,12+,14?. The van der Waals surface area contributed by atoms with E-state index in [0.717, 1.165) is 5.82 Å². The zero-order valence-electron chi connectivity index (χ0n) is 14.0. The van der Waals surface area contributed by atoms with Gasteiger partial charge in [0.05, 0.1) is 32.2 Å². The largest absolute Gasteiger partial charge is 0.381 e. The van der Waals surface area contributed by atoms with Crippen LogP contribution in [0.15, 0.2) is 6.33 Å². The minimum atomic E-state index is -0.311. The summed E-state index contributed by atoms with van der Waals surface area (Å²) in [5.74, 6) is 1.31. The van der Waals surface area contributed by atoms with Gasteiger partial charge in [0.15, 0.2) is 0 Å². The fraction of sp³-hybridized carbons (Fsp3) is 0.750. The minimum absolute atomic E-state index is 0.0366. The molecule has 1 saturated heterocycles. The van der Waals surface area contributed by atoms with Crippen molar-refractivity contribution in [2.45, 2.75) is 33.0 Å². The molecule has 4 atom stereocenters. The van der Waals surface area contributed by atoms with Gasteiger partial charge in [0.25, 0.3) is 0 Å². The maximum atomic E-state index is 12.9. The van der Waals surface area contributed by atoms with Crippen molar-refractivity contribution in [3.05, 3.63) is 12.2 Å². The fourth-order valence-corrected chi connectivity index (χ4v) is 3.88. The smallest absolute Gasteiger partial charge is 0.226 e. The average molecular weight is 333 g/mol. The molecule has 3 aliphatic rings. The lowest BCUT2D eigenvalue weighted by molar-refractivity contribution is -0.136. The van der Waals surface area contributed by atoms with E-state index in [2.05, 4.69) is 15.4 Å². The van der Waals surface area contributed by atoms with Gasteiger partial charge in [-0.3, -0.25) is 9.59 Å². The van der Waals surface area contributed by atoms with Gasteiger partial charge in [-0.25, -0.2) is 9.67 Å². The Morgan fingerprint density at radius 3 is 2.75 bits per heavy atom. The van der Waals surface area contributed by atoms with Crippen LogP contribution in [0.3, 0.4) is 0 Å². The molecule has 1 aliphatic carbocycles. The molecule has 1 N–H and O–H groups in total. The molecular formula is C16H23N5O3. The van der Waals surface area contributed by atoms with Crippen LogP contribution in [0, 0.1) is 23.7 Å². The van der Waals surface area contributed by atoms with Crippen molar-refractivity contribution in [1.82, 2.24) is 25.0 Å². The molecule has 0 spiro atoms. The van der Waals surface area contributed by atoms with Crippen molar-refractivity contribution in [3.8, 4) is 0 Å². The highest BCUT2D eigenvalue weighted by molar-refractivity contribution is 5.84.